The molecule has 0 aliphatic rings. The van der Waals surface area contributed by atoms with Crippen LogP contribution in [0.25, 0.3) is 10.8 Å². The van der Waals surface area contributed by atoms with Crippen LogP contribution in [0.15, 0.2) is 78.4 Å². The van der Waals surface area contributed by atoms with Crippen LogP contribution < -0.4 is 10.7 Å². The first kappa shape index (κ1) is 19.2. The first-order valence-electron chi connectivity index (χ1n) is 9.08. The van der Waals surface area contributed by atoms with E-state index in [4.69, 9.17) is 0 Å². The Balaban J connectivity index is 1.61. The van der Waals surface area contributed by atoms with E-state index in [1.165, 1.54) is 6.21 Å². The largest absolute Gasteiger partial charge is 0.507 e. The number of aromatic hydroxyl groups is 1. The third kappa shape index (κ3) is 4.57. The fourth-order valence-electron chi connectivity index (χ4n) is 2.89. The van der Waals surface area contributed by atoms with Crippen LogP contribution >= 0.6 is 0 Å². The number of amides is 1. The van der Waals surface area contributed by atoms with Crippen molar-refractivity contribution in [1.82, 2.24) is 5.43 Å². The monoisotopic (exact) mass is 373 g/mol. The lowest BCUT2D eigenvalue weighted by atomic mass is 10.1. The van der Waals surface area contributed by atoms with E-state index < -0.39 is 6.04 Å². The lowest BCUT2D eigenvalue weighted by Crippen LogP contribution is -2.34. The van der Waals surface area contributed by atoms with Crippen molar-refractivity contribution < 1.29 is 9.90 Å². The summed E-state index contributed by atoms with van der Waals surface area (Å²) in [6.45, 7) is 5.44. The van der Waals surface area contributed by atoms with E-state index in [1.54, 1.807) is 19.1 Å². The smallest absolute Gasteiger partial charge is 0.262 e. The zero-order valence-electron chi connectivity index (χ0n) is 15.7. The van der Waals surface area contributed by atoms with Crippen molar-refractivity contribution in [1.29, 1.82) is 0 Å². The van der Waals surface area contributed by atoms with Gasteiger partial charge >= 0.3 is 0 Å². The van der Waals surface area contributed by atoms with Gasteiger partial charge in [-0.3, -0.25) is 4.79 Å². The van der Waals surface area contributed by atoms with E-state index in [2.05, 4.69) is 22.4 Å². The molecule has 5 heteroatoms. The Kier molecular flexibility index (Phi) is 6.07. The van der Waals surface area contributed by atoms with Crippen LogP contribution in [0.1, 0.15) is 18.1 Å². The Labute approximate surface area is 164 Å². The normalized spacial score (nSPS) is 12.0. The Morgan fingerprint density at radius 2 is 1.93 bits per heavy atom. The zero-order chi connectivity index (χ0) is 19.9. The number of hydrazone groups is 1. The van der Waals surface area contributed by atoms with Gasteiger partial charge < -0.3 is 10.4 Å². The van der Waals surface area contributed by atoms with E-state index in [-0.39, 0.29) is 11.7 Å². The molecule has 0 radical (unpaired) electrons. The molecule has 3 aromatic carbocycles. The Morgan fingerprint density at radius 3 is 2.71 bits per heavy atom. The molecule has 0 bridgehead atoms. The third-order valence-corrected chi connectivity index (χ3v) is 4.42. The number of carbonyl (C=O) groups is 1. The van der Waals surface area contributed by atoms with Gasteiger partial charge in [-0.05, 0) is 47.9 Å². The van der Waals surface area contributed by atoms with Gasteiger partial charge in [0.15, 0.2) is 0 Å². The van der Waals surface area contributed by atoms with E-state index >= 15 is 0 Å². The van der Waals surface area contributed by atoms with Crippen molar-refractivity contribution in [2.24, 2.45) is 5.10 Å². The number of rotatable bonds is 7. The molecule has 3 N–H and O–H groups in total. The van der Waals surface area contributed by atoms with Gasteiger partial charge in [-0.1, -0.05) is 48.5 Å². The molecule has 142 valence electrons. The molecule has 0 fully saturated rings. The van der Waals surface area contributed by atoms with E-state index in [9.17, 15) is 9.90 Å². The molecule has 0 aromatic heterocycles. The van der Waals surface area contributed by atoms with Crippen molar-refractivity contribution in [2.75, 3.05) is 5.32 Å². The molecule has 0 heterocycles. The number of phenols is 1. The minimum absolute atomic E-state index is 0.141. The Morgan fingerprint density at radius 1 is 1.14 bits per heavy atom. The quantitative estimate of drug-likeness (QED) is 0.330. The van der Waals surface area contributed by atoms with Gasteiger partial charge in [0.2, 0.25) is 0 Å². The highest BCUT2D eigenvalue weighted by Crippen LogP contribution is 2.22. The van der Waals surface area contributed by atoms with Crippen LogP contribution in [-0.2, 0) is 11.2 Å². The van der Waals surface area contributed by atoms with Crippen molar-refractivity contribution in [3.63, 3.8) is 0 Å². The third-order valence-electron chi connectivity index (χ3n) is 4.42. The fraction of sp³-hybridized carbons (Fsp3) is 0.130. The Hall–Kier alpha value is -3.60. The lowest BCUT2D eigenvalue weighted by Gasteiger charge is -2.14. The molecule has 0 aliphatic carbocycles. The minimum atomic E-state index is -0.473. The summed E-state index contributed by atoms with van der Waals surface area (Å²) in [5.41, 5.74) is 4.66. The highest BCUT2D eigenvalue weighted by molar-refractivity contribution is 5.89. The van der Waals surface area contributed by atoms with E-state index in [0.717, 1.165) is 22.0 Å². The van der Waals surface area contributed by atoms with Gasteiger partial charge in [0.05, 0.1) is 6.21 Å². The molecular weight excluding hydrogens is 350 g/mol. The van der Waals surface area contributed by atoms with Gasteiger partial charge in [-0.25, -0.2) is 5.43 Å². The number of nitrogens with one attached hydrogen (secondary N) is 2. The number of anilines is 1. The molecule has 28 heavy (non-hydrogen) atoms. The standard InChI is InChI=1S/C23H23N3O2/c1-3-7-18-10-6-11-20(22(18)27)15-24-26-23(28)16(2)25-21-13-12-17-8-4-5-9-19(17)14-21/h3-6,8-16,25,27H,1,7H2,2H3,(H,26,28)/b24-15+/t16-/m0/s1. The van der Waals surface area contributed by atoms with Crippen molar-refractivity contribution >= 4 is 28.6 Å². The molecule has 0 aliphatic heterocycles. The second kappa shape index (κ2) is 8.86. The maximum atomic E-state index is 12.3. The topological polar surface area (TPSA) is 73.7 Å². The summed E-state index contributed by atoms with van der Waals surface area (Å²) in [6, 6.07) is 18.9. The molecule has 3 rings (SSSR count). The van der Waals surface area contributed by atoms with E-state index in [1.807, 2.05) is 54.6 Å². The number of benzene rings is 3. The van der Waals surface area contributed by atoms with Crippen LogP contribution in [0, 0.1) is 0 Å². The van der Waals surface area contributed by atoms with Crippen molar-refractivity contribution in [3.8, 4) is 5.75 Å². The first-order valence-corrected chi connectivity index (χ1v) is 9.08. The maximum absolute atomic E-state index is 12.3. The van der Waals surface area contributed by atoms with E-state index in [0.29, 0.717) is 12.0 Å². The molecule has 0 spiro atoms. The number of phenolic OH excluding ortho intramolecular Hbond substituents is 1. The summed E-state index contributed by atoms with van der Waals surface area (Å²) >= 11 is 0. The first-order chi connectivity index (χ1) is 13.6. The number of hydrogen-bond acceptors (Lipinski definition) is 4. The summed E-state index contributed by atoms with van der Waals surface area (Å²) in [5.74, 6) is -0.131. The van der Waals surface area contributed by atoms with Gasteiger partial charge in [0, 0.05) is 11.3 Å². The zero-order valence-corrected chi connectivity index (χ0v) is 15.7. The SMILES string of the molecule is C=CCc1cccc(/C=N/NC(=O)[C@H](C)Nc2ccc3ccccc3c2)c1O. The van der Waals surface area contributed by atoms with Crippen LogP contribution in [0.4, 0.5) is 5.69 Å². The molecule has 0 saturated carbocycles. The predicted molar refractivity (Wildman–Crippen MR) is 115 cm³/mol. The second-order valence-electron chi connectivity index (χ2n) is 6.51. The summed E-state index contributed by atoms with van der Waals surface area (Å²) in [6.07, 6.45) is 3.72. The van der Waals surface area contributed by atoms with Crippen molar-refractivity contribution in [2.45, 2.75) is 19.4 Å². The molecule has 0 saturated heterocycles. The minimum Gasteiger partial charge on any atom is -0.507 e. The molecular formula is C23H23N3O2. The van der Waals surface area contributed by atoms with Gasteiger partial charge in [0.25, 0.3) is 5.91 Å². The lowest BCUT2D eigenvalue weighted by molar-refractivity contribution is -0.121. The summed E-state index contributed by atoms with van der Waals surface area (Å²) in [7, 11) is 0. The Bertz CT molecular complexity index is 1030. The highest BCUT2D eigenvalue weighted by Gasteiger charge is 2.12. The fourth-order valence-corrected chi connectivity index (χ4v) is 2.89. The van der Waals surface area contributed by atoms with Crippen molar-refractivity contribution in [3.05, 3.63) is 84.4 Å². The number of nitrogens with zero attached hydrogens (tertiary/aromatic N) is 1. The summed E-state index contributed by atoms with van der Waals surface area (Å²) in [5, 5.41) is 19.6. The molecule has 1 atom stereocenters. The maximum Gasteiger partial charge on any atom is 0.262 e. The number of carbonyl (C=O) groups excluding carboxylic acids is 1. The van der Waals surface area contributed by atoms with Crippen LogP contribution in [0.5, 0.6) is 5.75 Å². The summed E-state index contributed by atoms with van der Waals surface area (Å²) in [4.78, 5) is 12.3. The summed E-state index contributed by atoms with van der Waals surface area (Å²) < 4.78 is 0. The molecule has 3 aromatic rings. The number of fused-ring (bicyclic) bond motifs is 1. The number of hydrogen-bond donors (Lipinski definition) is 3. The highest BCUT2D eigenvalue weighted by atomic mass is 16.3. The second-order valence-corrected chi connectivity index (χ2v) is 6.51. The van der Waals surface area contributed by atoms with Gasteiger partial charge in [0.1, 0.15) is 11.8 Å². The van der Waals surface area contributed by atoms with Gasteiger partial charge in [-0.15, -0.1) is 6.58 Å². The average Bonchev–Trinajstić information content (AvgIpc) is 2.70. The van der Waals surface area contributed by atoms with Crippen LogP contribution in [-0.4, -0.2) is 23.3 Å². The van der Waals surface area contributed by atoms with Crippen LogP contribution in [0.2, 0.25) is 0 Å². The number of allylic oxidation sites excluding steroid dienone is 1. The van der Waals surface area contributed by atoms with Crippen LogP contribution in [0.3, 0.4) is 0 Å². The predicted octanol–water partition coefficient (Wildman–Crippen LogP) is 4.22. The number of para-hydroxylation sites is 1. The van der Waals surface area contributed by atoms with Gasteiger partial charge in [-0.2, -0.15) is 5.10 Å². The molecule has 0 unspecified atom stereocenters. The molecule has 1 amide bonds. The molecule has 5 nitrogen and oxygen atoms in total. The average molecular weight is 373 g/mol.